The van der Waals surface area contributed by atoms with E-state index < -0.39 is 5.91 Å². The Hall–Kier alpha value is -3.06. The first kappa shape index (κ1) is 19.7. The van der Waals surface area contributed by atoms with Crippen LogP contribution in [0.4, 0.5) is 11.4 Å². The minimum atomic E-state index is -0.431. The number of anilines is 2. The Morgan fingerprint density at radius 1 is 1.14 bits per heavy atom. The Morgan fingerprint density at radius 2 is 1.86 bits per heavy atom. The molecule has 0 fully saturated rings. The van der Waals surface area contributed by atoms with E-state index in [1.54, 1.807) is 18.2 Å². The number of carbonyl (C=O) groups excluding carboxylic acids is 2. The number of hydrogen-bond acceptors (Lipinski definition) is 5. The van der Waals surface area contributed by atoms with Crippen molar-refractivity contribution in [2.45, 2.75) is 19.8 Å². The largest absolute Gasteiger partial charge is 0.493 e. The average Bonchev–Trinajstić information content (AvgIpc) is 2.69. The zero-order valence-corrected chi connectivity index (χ0v) is 16.5. The monoisotopic (exact) mass is 401 g/mol. The number of aryl methyl sites for hydroxylation is 1. The van der Waals surface area contributed by atoms with E-state index in [9.17, 15) is 9.59 Å². The third kappa shape index (κ3) is 4.09. The number of nitrogens with zero attached hydrogens (tertiary/aromatic N) is 2. The van der Waals surface area contributed by atoms with Gasteiger partial charge in [0.1, 0.15) is 5.71 Å². The number of hydrazone groups is 1. The highest BCUT2D eigenvalue weighted by Gasteiger charge is 2.26. The van der Waals surface area contributed by atoms with E-state index in [0.29, 0.717) is 27.9 Å². The van der Waals surface area contributed by atoms with Crippen molar-refractivity contribution in [3.63, 3.8) is 0 Å². The van der Waals surface area contributed by atoms with E-state index >= 15 is 0 Å². The molecule has 0 atom stereocenters. The van der Waals surface area contributed by atoms with Crippen LogP contribution in [-0.2, 0) is 9.59 Å². The predicted octanol–water partition coefficient (Wildman–Crippen LogP) is 3.79. The number of benzene rings is 2. The van der Waals surface area contributed by atoms with Crippen molar-refractivity contribution < 1.29 is 19.1 Å². The Labute approximate surface area is 167 Å². The van der Waals surface area contributed by atoms with Gasteiger partial charge in [0.25, 0.3) is 5.91 Å². The summed E-state index contributed by atoms with van der Waals surface area (Å²) in [6, 6.07) is 10.5. The SMILES string of the molecule is COc1cc(Cl)c(NC(=O)C2=NN(c3cccc(C)c3)C(=O)CC2)cc1OC. The molecule has 2 amide bonds. The number of amides is 2. The van der Waals surface area contributed by atoms with Gasteiger partial charge < -0.3 is 14.8 Å². The van der Waals surface area contributed by atoms with Crippen LogP contribution in [0.25, 0.3) is 0 Å². The van der Waals surface area contributed by atoms with E-state index in [2.05, 4.69) is 10.4 Å². The van der Waals surface area contributed by atoms with Crippen LogP contribution in [0.1, 0.15) is 18.4 Å². The summed E-state index contributed by atoms with van der Waals surface area (Å²) in [4.78, 5) is 25.0. The number of carbonyl (C=O) groups is 2. The molecule has 0 aliphatic carbocycles. The zero-order chi connectivity index (χ0) is 20.3. The third-order valence-corrected chi connectivity index (χ3v) is 4.58. The molecule has 28 heavy (non-hydrogen) atoms. The Kier molecular flexibility index (Phi) is 5.84. The number of hydrogen-bond donors (Lipinski definition) is 1. The molecule has 1 aliphatic rings. The van der Waals surface area contributed by atoms with Crippen LogP contribution in [0.3, 0.4) is 0 Å². The maximum atomic E-state index is 12.7. The molecule has 1 heterocycles. The number of halogens is 1. The normalized spacial score (nSPS) is 13.8. The second-order valence-electron chi connectivity index (χ2n) is 6.23. The van der Waals surface area contributed by atoms with Gasteiger partial charge in [0.15, 0.2) is 11.5 Å². The maximum absolute atomic E-state index is 12.7. The molecule has 146 valence electrons. The quantitative estimate of drug-likeness (QED) is 0.826. The van der Waals surface area contributed by atoms with Crippen molar-refractivity contribution in [2.24, 2.45) is 5.10 Å². The maximum Gasteiger partial charge on any atom is 0.271 e. The number of rotatable bonds is 5. The highest BCUT2D eigenvalue weighted by Crippen LogP contribution is 2.36. The minimum absolute atomic E-state index is 0.161. The minimum Gasteiger partial charge on any atom is -0.493 e. The molecule has 7 nitrogen and oxygen atoms in total. The first-order valence-corrected chi connectivity index (χ1v) is 9.00. The van der Waals surface area contributed by atoms with Gasteiger partial charge >= 0.3 is 0 Å². The molecule has 0 aromatic heterocycles. The van der Waals surface area contributed by atoms with Gasteiger partial charge in [-0.3, -0.25) is 9.59 Å². The van der Waals surface area contributed by atoms with Crippen molar-refractivity contribution in [1.29, 1.82) is 0 Å². The van der Waals surface area contributed by atoms with Gasteiger partial charge in [0.05, 0.1) is 30.6 Å². The van der Waals surface area contributed by atoms with Gasteiger partial charge in [-0.05, 0) is 24.6 Å². The smallest absolute Gasteiger partial charge is 0.271 e. The van der Waals surface area contributed by atoms with Crippen LogP contribution in [0.15, 0.2) is 41.5 Å². The fourth-order valence-electron chi connectivity index (χ4n) is 2.82. The van der Waals surface area contributed by atoms with Crippen molar-refractivity contribution in [1.82, 2.24) is 0 Å². The van der Waals surface area contributed by atoms with Crippen LogP contribution in [0, 0.1) is 6.92 Å². The molecule has 1 aliphatic heterocycles. The molecule has 2 aromatic rings. The van der Waals surface area contributed by atoms with Gasteiger partial charge in [-0.15, -0.1) is 0 Å². The van der Waals surface area contributed by atoms with E-state index in [0.717, 1.165) is 5.56 Å². The lowest BCUT2D eigenvalue weighted by Crippen LogP contribution is -2.36. The molecule has 1 N–H and O–H groups in total. The Balaban J connectivity index is 1.86. The molecule has 0 saturated heterocycles. The van der Waals surface area contributed by atoms with Gasteiger partial charge in [0.2, 0.25) is 5.91 Å². The predicted molar refractivity (Wildman–Crippen MR) is 109 cm³/mol. The highest BCUT2D eigenvalue weighted by atomic mass is 35.5. The molecule has 0 radical (unpaired) electrons. The van der Waals surface area contributed by atoms with Crippen LogP contribution in [0.2, 0.25) is 5.02 Å². The molecular formula is C20H20ClN3O4. The number of nitrogens with one attached hydrogen (secondary N) is 1. The van der Waals surface area contributed by atoms with E-state index in [-0.39, 0.29) is 24.5 Å². The van der Waals surface area contributed by atoms with Crippen molar-refractivity contribution >= 4 is 40.5 Å². The molecule has 8 heteroatoms. The first-order chi connectivity index (χ1) is 13.4. The molecule has 0 bridgehead atoms. The summed E-state index contributed by atoms with van der Waals surface area (Å²) in [5.74, 6) is 0.298. The van der Waals surface area contributed by atoms with Gasteiger partial charge in [-0.2, -0.15) is 5.10 Å². The van der Waals surface area contributed by atoms with E-state index in [1.165, 1.54) is 19.2 Å². The Bertz CT molecular complexity index is 958. The van der Waals surface area contributed by atoms with Gasteiger partial charge in [-0.25, -0.2) is 5.01 Å². The summed E-state index contributed by atoms with van der Waals surface area (Å²) in [5, 5.41) is 8.56. The molecule has 0 saturated carbocycles. The van der Waals surface area contributed by atoms with Gasteiger partial charge in [0, 0.05) is 25.0 Å². The summed E-state index contributed by atoms with van der Waals surface area (Å²) in [5.41, 5.74) is 2.23. The molecule has 3 rings (SSSR count). The lowest BCUT2D eigenvalue weighted by atomic mass is 10.1. The first-order valence-electron chi connectivity index (χ1n) is 8.63. The zero-order valence-electron chi connectivity index (χ0n) is 15.8. The van der Waals surface area contributed by atoms with Crippen LogP contribution in [-0.4, -0.2) is 31.7 Å². The number of methoxy groups -OCH3 is 2. The summed E-state index contributed by atoms with van der Waals surface area (Å²) in [6.45, 7) is 1.92. The molecular weight excluding hydrogens is 382 g/mol. The second kappa shape index (κ2) is 8.31. The lowest BCUT2D eigenvalue weighted by molar-refractivity contribution is -0.118. The van der Waals surface area contributed by atoms with Crippen molar-refractivity contribution in [3.05, 3.63) is 47.0 Å². The summed E-state index contributed by atoms with van der Waals surface area (Å²) in [6.07, 6.45) is 0.442. The van der Waals surface area contributed by atoms with E-state index in [1.807, 2.05) is 25.1 Å². The highest BCUT2D eigenvalue weighted by molar-refractivity contribution is 6.45. The summed E-state index contributed by atoms with van der Waals surface area (Å²) >= 11 is 6.23. The summed E-state index contributed by atoms with van der Waals surface area (Å²) in [7, 11) is 2.99. The number of ether oxygens (including phenoxy) is 2. The standard InChI is InChI=1S/C20H20ClN3O4/c1-12-5-4-6-13(9-12)24-19(25)8-7-15(23-24)20(26)22-16-11-18(28-3)17(27-2)10-14(16)21/h4-6,9-11H,7-8H2,1-3H3,(H,22,26). The topological polar surface area (TPSA) is 80.2 Å². The van der Waals surface area contributed by atoms with Crippen LogP contribution < -0.4 is 19.8 Å². The fourth-order valence-corrected chi connectivity index (χ4v) is 3.02. The van der Waals surface area contributed by atoms with Crippen LogP contribution in [0.5, 0.6) is 11.5 Å². The van der Waals surface area contributed by atoms with Crippen molar-refractivity contribution in [3.8, 4) is 11.5 Å². The van der Waals surface area contributed by atoms with E-state index in [4.69, 9.17) is 21.1 Å². The van der Waals surface area contributed by atoms with Gasteiger partial charge in [-0.1, -0.05) is 23.7 Å². The Morgan fingerprint density at radius 3 is 2.54 bits per heavy atom. The third-order valence-electron chi connectivity index (χ3n) is 4.26. The fraction of sp³-hybridized carbons (Fsp3) is 0.250. The van der Waals surface area contributed by atoms with Crippen molar-refractivity contribution in [2.75, 3.05) is 24.5 Å². The average molecular weight is 402 g/mol. The molecule has 0 unspecified atom stereocenters. The second-order valence-corrected chi connectivity index (χ2v) is 6.64. The lowest BCUT2D eigenvalue weighted by Gasteiger charge is -2.23. The molecule has 2 aromatic carbocycles. The molecule has 0 spiro atoms. The summed E-state index contributed by atoms with van der Waals surface area (Å²) < 4.78 is 10.4. The van der Waals surface area contributed by atoms with Crippen LogP contribution >= 0.6 is 11.6 Å².